The van der Waals surface area contributed by atoms with Crippen molar-refractivity contribution in [1.82, 2.24) is 0 Å². The van der Waals surface area contributed by atoms with E-state index in [1.165, 1.54) is 32.4 Å². The molecule has 0 fully saturated rings. The van der Waals surface area contributed by atoms with Crippen LogP contribution in [0.15, 0.2) is 60.4 Å². The normalized spacial score (nSPS) is 11.8. The first kappa shape index (κ1) is 25.5. The zero-order chi connectivity index (χ0) is 24.1. The molecule has 0 unspecified atom stereocenters. The molecule has 0 atom stereocenters. The molecule has 0 aromatic heterocycles. The van der Waals surface area contributed by atoms with Gasteiger partial charge in [0.25, 0.3) is 0 Å². The van der Waals surface area contributed by atoms with Crippen molar-refractivity contribution in [2.75, 3.05) is 41.3 Å². The van der Waals surface area contributed by atoms with Crippen molar-refractivity contribution < 1.29 is 38.7 Å². The predicted molar refractivity (Wildman–Crippen MR) is 125 cm³/mol. The molecule has 0 heterocycles. The molecular formula is C25H28O8. The standard InChI is InChI=1S/C25H28O8/c1-29-12-13-32-17-33-23-11-7-19(15-25(23)31-3)5-9-21(27)16-20(26)8-4-18-6-10-22(28)24(14-18)30-2/h4-11,14-16,27-28H,12-13,17H2,1-3H3/b8-4+,9-5+,21-16-. The summed E-state index contributed by atoms with van der Waals surface area (Å²) in [6, 6.07) is 9.93. The number of aliphatic hydroxyl groups excluding tert-OH is 1. The molecule has 176 valence electrons. The Hall–Kier alpha value is -3.75. The van der Waals surface area contributed by atoms with Gasteiger partial charge in [0.1, 0.15) is 5.76 Å². The molecule has 2 rings (SSSR count). The largest absolute Gasteiger partial charge is 0.508 e. The number of rotatable bonds is 13. The number of phenols is 1. The van der Waals surface area contributed by atoms with E-state index >= 15 is 0 Å². The average molecular weight is 456 g/mol. The fraction of sp³-hybridized carbons (Fsp3) is 0.240. The van der Waals surface area contributed by atoms with Crippen LogP contribution in [0.4, 0.5) is 0 Å². The van der Waals surface area contributed by atoms with Crippen LogP contribution in [0.1, 0.15) is 11.1 Å². The van der Waals surface area contributed by atoms with Crippen molar-refractivity contribution in [1.29, 1.82) is 0 Å². The van der Waals surface area contributed by atoms with Crippen LogP contribution >= 0.6 is 0 Å². The second-order valence-electron chi connectivity index (χ2n) is 6.64. The highest BCUT2D eigenvalue weighted by atomic mass is 16.7. The van der Waals surface area contributed by atoms with Gasteiger partial charge in [0, 0.05) is 13.2 Å². The van der Waals surface area contributed by atoms with Gasteiger partial charge in [-0.1, -0.05) is 24.3 Å². The van der Waals surface area contributed by atoms with Crippen molar-refractivity contribution >= 4 is 17.9 Å². The van der Waals surface area contributed by atoms with Gasteiger partial charge < -0.3 is 33.9 Å². The summed E-state index contributed by atoms with van der Waals surface area (Å²) < 4.78 is 26.1. The minimum absolute atomic E-state index is 0.00953. The highest BCUT2D eigenvalue weighted by Gasteiger charge is 2.05. The van der Waals surface area contributed by atoms with Crippen molar-refractivity contribution in [3.63, 3.8) is 0 Å². The molecule has 8 nitrogen and oxygen atoms in total. The summed E-state index contributed by atoms with van der Waals surface area (Å²) in [6.07, 6.45) is 6.99. The summed E-state index contributed by atoms with van der Waals surface area (Å²) in [7, 11) is 4.55. The van der Waals surface area contributed by atoms with E-state index < -0.39 is 5.78 Å². The average Bonchev–Trinajstić information content (AvgIpc) is 2.82. The van der Waals surface area contributed by atoms with Gasteiger partial charge in [-0.25, -0.2) is 0 Å². The Morgan fingerprint density at radius 3 is 2.24 bits per heavy atom. The van der Waals surface area contributed by atoms with E-state index in [-0.39, 0.29) is 18.3 Å². The van der Waals surface area contributed by atoms with Crippen LogP contribution in [0, 0.1) is 0 Å². The zero-order valence-electron chi connectivity index (χ0n) is 18.8. The molecule has 0 aliphatic heterocycles. The number of benzene rings is 2. The molecule has 33 heavy (non-hydrogen) atoms. The number of methoxy groups -OCH3 is 3. The summed E-state index contributed by atoms with van der Waals surface area (Å²) in [5.41, 5.74) is 1.40. The molecule has 0 aliphatic carbocycles. The molecule has 2 aromatic rings. The second kappa shape index (κ2) is 13.6. The van der Waals surface area contributed by atoms with E-state index in [1.54, 1.807) is 49.6 Å². The summed E-state index contributed by atoms with van der Waals surface area (Å²) in [5.74, 6) is 0.710. The monoisotopic (exact) mass is 456 g/mol. The van der Waals surface area contributed by atoms with Crippen molar-refractivity contribution in [3.8, 4) is 23.0 Å². The van der Waals surface area contributed by atoms with Crippen molar-refractivity contribution in [2.24, 2.45) is 0 Å². The van der Waals surface area contributed by atoms with Gasteiger partial charge in [-0.05, 0) is 47.5 Å². The van der Waals surface area contributed by atoms with Gasteiger partial charge in [-0.15, -0.1) is 0 Å². The molecule has 0 radical (unpaired) electrons. The molecular weight excluding hydrogens is 428 g/mol. The predicted octanol–water partition coefficient (Wildman–Crippen LogP) is 4.15. The number of allylic oxidation sites excluding steroid dienone is 3. The number of carbonyl (C=O) groups is 1. The van der Waals surface area contributed by atoms with Crippen LogP contribution in [0.3, 0.4) is 0 Å². The quantitative estimate of drug-likeness (QED) is 0.152. The Balaban J connectivity index is 1.97. The molecule has 0 saturated heterocycles. The van der Waals surface area contributed by atoms with Gasteiger partial charge in [-0.2, -0.15) is 0 Å². The number of ether oxygens (including phenoxy) is 5. The third-order valence-electron chi connectivity index (χ3n) is 4.30. The lowest BCUT2D eigenvalue weighted by Gasteiger charge is -2.11. The summed E-state index contributed by atoms with van der Waals surface area (Å²) in [4.78, 5) is 12.1. The second-order valence-corrected chi connectivity index (χ2v) is 6.64. The lowest BCUT2D eigenvalue weighted by molar-refractivity contribution is -0.110. The van der Waals surface area contributed by atoms with Gasteiger partial charge in [-0.3, -0.25) is 4.79 Å². The number of carbonyl (C=O) groups excluding carboxylic acids is 1. The minimum atomic E-state index is -0.404. The fourth-order valence-corrected chi connectivity index (χ4v) is 2.61. The Kier molecular flexibility index (Phi) is 10.5. The molecule has 0 spiro atoms. The maximum Gasteiger partial charge on any atom is 0.189 e. The lowest BCUT2D eigenvalue weighted by atomic mass is 10.1. The highest BCUT2D eigenvalue weighted by molar-refractivity contribution is 6.02. The molecule has 0 bridgehead atoms. The molecule has 0 saturated carbocycles. The van der Waals surface area contributed by atoms with Crippen molar-refractivity contribution in [2.45, 2.75) is 0 Å². The Bertz CT molecular complexity index is 1010. The number of aliphatic hydroxyl groups is 1. The number of aromatic hydroxyl groups is 1. The maximum atomic E-state index is 12.1. The summed E-state index contributed by atoms with van der Waals surface area (Å²) >= 11 is 0. The van der Waals surface area contributed by atoms with Gasteiger partial charge in [0.2, 0.25) is 0 Å². The molecule has 2 aromatic carbocycles. The van der Waals surface area contributed by atoms with Gasteiger partial charge in [0.05, 0.1) is 27.4 Å². The Morgan fingerprint density at radius 1 is 0.879 bits per heavy atom. The van der Waals surface area contributed by atoms with Crippen LogP contribution in [0.25, 0.3) is 12.2 Å². The van der Waals surface area contributed by atoms with Crippen LogP contribution in [0.2, 0.25) is 0 Å². The third kappa shape index (κ3) is 8.72. The number of hydrogen-bond donors (Lipinski definition) is 2. The Labute approximate surface area is 192 Å². The molecule has 2 N–H and O–H groups in total. The molecule has 0 amide bonds. The van der Waals surface area contributed by atoms with Crippen LogP contribution in [0.5, 0.6) is 23.0 Å². The third-order valence-corrected chi connectivity index (χ3v) is 4.30. The van der Waals surface area contributed by atoms with Gasteiger partial charge in [0.15, 0.2) is 35.6 Å². The highest BCUT2D eigenvalue weighted by Crippen LogP contribution is 2.29. The number of hydrogen-bond acceptors (Lipinski definition) is 8. The fourth-order valence-electron chi connectivity index (χ4n) is 2.61. The smallest absolute Gasteiger partial charge is 0.189 e. The first-order valence-corrected chi connectivity index (χ1v) is 10.0. The van der Waals surface area contributed by atoms with E-state index in [2.05, 4.69) is 0 Å². The number of phenolic OH excluding ortho intramolecular Hbond substituents is 1. The van der Waals surface area contributed by atoms with Crippen molar-refractivity contribution in [3.05, 3.63) is 71.5 Å². The van der Waals surface area contributed by atoms with Crippen LogP contribution in [-0.2, 0) is 14.3 Å². The first-order valence-electron chi connectivity index (χ1n) is 10.0. The van der Waals surface area contributed by atoms with Crippen LogP contribution < -0.4 is 14.2 Å². The van der Waals surface area contributed by atoms with E-state index in [9.17, 15) is 15.0 Å². The van der Waals surface area contributed by atoms with E-state index in [4.69, 9.17) is 23.7 Å². The SMILES string of the molecule is COCCOCOc1ccc(/C=C/C(O)=C/C(=O)/C=C/c2ccc(O)c(OC)c2)cc1OC. The topological polar surface area (TPSA) is 104 Å². The minimum Gasteiger partial charge on any atom is -0.508 e. The molecule has 8 heteroatoms. The van der Waals surface area contributed by atoms with E-state index in [1.807, 2.05) is 0 Å². The maximum absolute atomic E-state index is 12.1. The summed E-state index contributed by atoms with van der Waals surface area (Å²) in [5, 5.41) is 19.7. The van der Waals surface area contributed by atoms with E-state index in [0.717, 1.165) is 11.6 Å². The van der Waals surface area contributed by atoms with E-state index in [0.29, 0.717) is 36.0 Å². The molecule has 0 aliphatic rings. The first-order chi connectivity index (χ1) is 16.0. The lowest BCUT2D eigenvalue weighted by Crippen LogP contribution is -2.08. The number of ketones is 1. The Morgan fingerprint density at radius 2 is 1.55 bits per heavy atom. The zero-order valence-corrected chi connectivity index (χ0v) is 18.8. The van der Waals surface area contributed by atoms with Gasteiger partial charge >= 0.3 is 0 Å². The van der Waals surface area contributed by atoms with Crippen LogP contribution in [-0.4, -0.2) is 57.3 Å². The summed E-state index contributed by atoms with van der Waals surface area (Å²) in [6.45, 7) is 0.957.